The smallest absolute Gasteiger partial charge is 0.0508 e. The lowest BCUT2D eigenvalue weighted by Crippen LogP contribution is -2.20. The molecule has 0 aliphatic heterocycles. The van der Waals surface area contributed by atoms with Crippen molar-refractivity contribution in [3.63, 3.8) is 0 Å². The van der Waals surface area contributed by atoms with Crippen molar-refractivity contribution in [3.05, 3.63) is 174 Å². The number of nitrogens with zero attached hydrogens (tertiary/aromatic N) is 1. The zero-order valence-electron chi connectivity index (χ0n) is 26.7. The van der Waals surface area contributed by atoms with Crippen LogP contribution in [-0.2, 0) is 5.41 Å². The predicted octanol–water partition coefficient (Wildman–Crippen LogP) is 13.1. The summed E-state index contributed by atoms with van der Waals surface area (Å²) in [4.78, 5) is 2.47. The molecule has 226 valence electrons. The normalized spacial score (nSPS) is 16.0. The zero-order valence-corrected chi connectivity index (χ0v) is 27.5. The number of fused-ring (bicyclic) bond motifs is 6. The topological polar surface area (TPSA) is 3.24 Å². The van der Waals surface area contributed by atoms with E-state index in [2.05, 4.69) is 177 Å². The molecule has 47 heavy (non-hydrogen) atoms. The van der Waals surface area contributed by atoms with Crippen molar-refractivity contribution in [2.45, 2.75) is 31.6 Å². The third-order valence-corrected chi connectivity index (χ3v) is 11.4. The molecule has 9 rings (SSSR count). The summed E-state index contributed by atoms with van der Waals surface area (Å²) >= 11 is 1.89. The maximum atomic E-state index is 2.47. The van der Waals surface area contributed by atoms with E-state index in [1.54, 1.807) is 0 Å². The highest BCUT2D eigenvalue weighted by molar-refractivity contribution is 7.26. The highest BCUT2D eigenvalue weighted by Crippen LogP contribution is 2.54. The second-order valence-corrected chi connectivity index (χ2v) is 14.3. The van der Waals surface area contributed by atoms with Crippen LogP contribution in [0.3, 0.4) is 0 Å². The molecule has 2 aliphatic carbocycles. The summed E-state index contributed by atoms with van der Waals surface area (Å²) in [6, 6.07) is 49.7. The van der Waals surface area contributed by atoms with E-state index in [4.69, 9.17) is 0 Å². The standard InChI is InChI=1S/C45H35NS/c1-45(2)40-19-8-6-14-36(40)38-17-11-20-41(43(38)45)46(33-26-22-31(23-27-33)30-12-4-3-5-13-30)34-28-24-32(25-29-34)35-16-10-18-39-37-15-7-9-21-42(37)47-44(35)39/h3-12,14-30H,13H2,1-2H3. The van der Waals surface area contributed by atoms with Crippen LogP contribution in [0.1, 0.15) is 42.9 Å². The lowest BCUT2D eigenvalue weighted by atomic mass is 9.81. The Labute approximate surface area is 280 Å². The Morgan fingerprint density at radius 2 is 1.30 bits per heavy atom. The summed E-state index contributed by atoms with van der Waals surface area (Å²) in [5.41, 5.74) is 12.8. The first-order valence-corrected chi connectivity index (χ1v) is 17.4. The number of hydrogen-bond donors (Lipinski definition) is 0. The van der Waals surface area contributed by atoms with E-state index in [-0.39, 0.29) is 5.41 Å². The fraction of sp³-hybridized carbons (Fsp3) is 0.111. The van der Waals surface area contributed by atoms with Crippen molar-refractivity contribution in [2.75, 3.05) is 4.90 Å². The first kappa shape index (κ1) is 28.1. The predicted molar refractivity (Wildman–Crippen MR) is 203 cm³/mol. The van der Waals surface area contributed by atoms with Gasteiger partial charge < -0.3 is 4.90 Å². The summed E-state index contributed by atoms with van der Waals surface area (Å²) in [6.07, 6.45) is 9.94. The van der Waals surface area contributed by atoms with Gasteiger partial charge in [-0.05, 0) is 81.8 Å². The quantitative estimate of drug-likeness (QED) is 0.185. The summed E-state index contributed by atoms with van der Waals surface area (Å²) in [7, 11) is 0. The summed E-state index contributed by atoms with van der Waals surface area (Å²) in [6.45, 7) is 4.75. The fourth-order valence-corrected chi connectivity index (χ4v) is 9.13. The van der Waals surface area contributed by atoms with Gasteiger partial charge in [0.15, 0.2) is 0 Å². The first-order valence-electron chi connectivity index (χ1n) is 16.6. The van der Waals surface area contributed by atoms with Gasteiger partial charge in [0.05, 0.1) is 5.69 Å². The number of hydrogen-bond acceptors (Lipinski definition) is 2. The van der Waals surface area contributed by atoms with Gasteiger partial charge in [0, 0.05) is 42.9 Å². The molecular weight excluding hydrogens is 587 g/mol. The molecule has 0 N–H and O–H groups in total. The van der Waals surface area contributed by atoms with Crippen LogP contribution in [0, 0.1) is 0 Å². The summed E-state index contributed by atoms with van der Waals surface area (Å²) in [5, 5.41) is 2.67. The van der Waals surface area contributed by atoms with Gasteiger partial charge in [-0.2, -0.15) is 0 Å². The maximum Gasteiger partial charge on any atom is 0.0508 e. The van der Waals surface area contributed by atoms with Crippen molar-refractivity contribution >= 4 is 48.6 Å². The molecule has 0 bridgehead atoms. The van der Waals surface area contributed by atoms with Gasteiger partial charge >= 0.3 is 0 Å². The number of allylic oxidation sites excluding steroid dienone is 4. The number of rotatable bonds is 5. The molecule has 1 unspecified atom stereocenters. The van der Waals surface area contributed by atoms with E-state index in [1.165, 1.54) is 70.5 Å². The van der Waals surface area contributed by atoms with E-state index >= 15 is 0 Å². The molecule has 2 heteroatoms. The zero-order chi connectivity index (χ0) is 31.5. The van der Waals surface area contributed by atoms with Crippen molar-refractivity contribution in [3.8, 4) is 22.3 Å². The van der Waals surface area contributed by atoms with Crippen molar-refractivity contribution in [1.82, 2.24) is 0 Å². The second kappa shape index (κ2) is 11.0. The van der Waals surface area contributed by atoms with Crippen LogP contribution >= 0.6 is 11.3 Å². The molecule has 0 amide bonds. The van der Waals surface area contributed by atoms with Crippen LogP contribution in [0.4, 0.5) is 17.1 Å². The average Bonchev–Trinajstić information content (AvgIpc) is 3.62. The monoisotopic (exact) mass is 621 g/mol. The molecule has 6 aromatic carbocycles. The van der Waals surface area contributed by atoms with Crippen LogP contribution < -0.4 is 4.90 Å². The van der Waals surface area contributed by atoms with Crippen molar-refractivity contribution < 1.29 is 0 Å². The Kier molecular flexibility index (Phi) is 6.55. The van der Waals surface area contributed by atoms with Gasteiger partial charge in [0.2, 0.25) is 0 Å². The average molecular weight is 622 g/mol. The molecule has 0 radical (unpaired) electrons. The van der Waals surface area contributed by atoms with Crippen LogP contribution in [-0.4, -0.2) is 0 Å². The highest BCUT2D eigenvalue weighted by Gasteiger charge is 2.38. The minimum absolute atomic E-state index is 0.128. The molecule has 1 nitrogen and oxygen atoms in total. The van der Waals surface area contributed by atoms with Crippen LogP contribution in [0.15, 0.2) is 158 Å². The van der Waals surface area contributed by atoms with Gasteiger partial charge in [-0.15, -0.1) is 11.3 Å². The Balaban J connectivity index is 1.19. The van der Waals surface area contributed by atoms with Crippen LogP contribution in [0.2, 0.25) is 0 Å². The third-order valence-electron chi connectivity index (χ3n) is 10.2. The lowest BCUT2D eigenvalue weighted by Gasteiger charge is -2.32. The molecule has 0 spiro atoms. The number of benzene rings is 6. The molecule has 7 aromatic rings. The molecule has 0 fully saturated rings. The Morgan fingerprint density at radius 3 is 2.11 bits per heavy atom. The maximum absolute atomic E-state index is 2.47. The molecule has 0 saturated heterocycles. The molecular formula is C45H35NS. The van der Waals surface area contributed by atoms with Gasteiger partial charge in [0.1, 0.15) is 0 Å². The van der Waals surface area contributed by atoms with Gasteiger partial charge in [-0.25, -0.2) is 0 Å². The molecule has 2 aliphatic rings. The van der Waals surface area contributed by atoms with Crippen molar-refractivity contribution in [1.29, 1.82) is 0 Å². The Morgan fingerprint density at radius 1 is 0.617 bits per heavy atom. The minimum atomic E-state index is -0.128. The molecule has 1 aromatic heterocycles. The Hall–Kier alpha value is -5.18. The third kappa shape index (κ3) is 4.51. The lowest BCUT2D eigenvalue weighted by molar-refractivity contribution is 0.661. The summed E-state index contributed by atoms with van der Waals surface area (Å²) in [5.74, 6) is 0.424. The van der Waals surface area contributed by atoms with E-state index < -0.39 is 0 Å². The highest BCUT2D eigenvalue weighted by atomic mass is 32.1. The van der Waals surface area contributed by atoms with Crippen LogP contribution in [0.25, 0.3) is 42.4 Å². The van der Waals surface area contributed by atoms with Gasteiger partial charge in [-0.1, -0.05) is 135 Å². The second-order valence-electron chi connectivity index (χ2n) is 13.3. The molecule has 1 heterocycles. The van der Waals surface area contributed by atoms with Gasteiger partial charge in [-0.3, -0.25) is 0 Å². The van der Waals surface area contributed by atoms with Crippen molar-refractivity contribution in [2.24, 2.45) is 0 Å². The van der Waals surface area contributed by atoms with Crippen LogP contribution in [0.5, 0.6) is 0 Å². The van der Waals surface area contributed by atoms with E-state index in [9.17, 15) is 0 Å². The van der Waals surface area contributed by atoms with E-state index in [0.717, 1.165) is 12.1 Å². The fourth-order valence-electron chi connectivity index (χ4n) is 7.90. The summed E-state index contributed by atoms with van der Waals surface area (Å²) < 4.78 is 2.68. The molecule has 1 atom stereocenters. The number of thiophene rings is 1. The van der Waals surface area contributed by atoms with E-state index in [1.807, 2.05) is 11.3 Å². The Bertz CT molecular complexity index is 2350. The van der Waals surface area contributed by atoms with E-state index in [0.29, 0.717) is 5.92 Å². The largest absolute Gasteiger partial charge is 0.310 e. The molecule has 0 saturated carbocycles. The number of anilines is 3. The first-order chi connectivity index (χ1) is 23.1. The minimum Gasteiger partial charge on any atom is -0.310 e. The SMILES string of the molecule is CC1(C)c2ccccc2-c2cccc(N(c3ccc(-c4cccc5c4sc4ccccc45)cc3)c3ccc(C4C=CC=CC4)cc3)c21. The van der Waals surface area contributed by atoms with Gasteiger partial charge in [0.25, 0.3) is 0 Å².